The maximum Gasteiger partial charge on any atom is 0.335 e. The molecule has 0 bridgehead atoms. The van der Waals surface area contributed by atoms with Crippen molar-refractivity contribution in [2.45, 2.75) is 56.8 Å². The van der Waals surface area contributed by atoms with Crippen LogP contribution in [-0.4, -0.2) is 26.9 Å². The molecule has 4 aromatic carbocycles. The van der Waals surface area contributed by atoms with Crippen LogP contribution in [0.15, 0.2) is 109 Å². The number of halogens is 1. The fraction of sp³-hybridized carbons (Fsp3) is 0.262. The molecular weight excluding hydrogens is 648 g/mol. The van der Waals surface area contributed by atoms with Crippen LogP contribution in [0, 0.1) is 16.7 Å². The Labute approximate surface area is 298 Å². The molecule has 1 aliphatic carbocycles. The molecular formula is C42H41ClN2O3S. The molecule has 1 fully saturated rings. The SMILES string of the molecule is CC(C)(O)c1ccccc1CC[C@@H](SCC1(CC#N)CC1)c1cccc(/C=C/c2ccc3ccc(Cl)cc3n2)c1.O=C(O)c1ccccc1. The first-order valence-corrected chi connectivity index (χ1v) is 17.9. The van der Waals surface area contributed by atoms with E-state index in [1.807, 2.05) is 68.1 Å². The van der Waals surface area contributed by atoms with Gasteiger partial charge in [-0.1, -0.05) is 96.5 Å². The summed E-state index contributed by atoms with van der Waals surface area (Å²) in [6.45, 7) is 3.71. The number of aromatic nitrogens is 1. The predicted molar refractivity (Wildman–Crippen MR) is 203 cm³/mol. The Hall–Kier alpha value is -4.41. The van der Waals surface area contributed by atoms with Crippen LogP contribution in [0.3, 0.4) is 0 Å². The number of carboxylic acid groups (broad SMARTS) is 1. The molecule has 0 unspecified atom stereocenters. The van der Waals surface area contributed by atoms with Gasteiger partial charge >= 0.3 is 5.97 Å². The number of aryl methyl sites for hydroxylation is 1. The molecule has 1 aliphatic rings. The van der Waals surface area contributed by atoms with Crippen LogP contribution in [0.5, 0.6) is 0 Å². The molecule has 2 N–H and O–H groups in total. The van der Waals surface area contributed by atoms with Gasteiger partial charge in [0.05, 0.1) is 28.4 Å². The zero-order valence-corrected chi connectivity index (χ0v) is 29.4. The summed E-state index contributed by atoms with van der Waals surface area (Å²) in [4.78, 5) is 15.0. The predicted octanol–water partition coefficient (Wildman–Crippen LogP) is 10.8. The summed E-state index contributed by atoms with van der Waals surface area (Å²) < 4.78 is 0. The quantitative estimate of drug-likeness (QED) is 0.135. The molecule has 5 nitrogen and oxygen atoms in total. The molecule has 1 aromatic heterocycles. The molecule has 5 aromatic rings. The first kappa shape index (κ1) is 35.9. The van der Waals surface area contributed by atoms with Gasteiger partial charge in [-0.2, -0.15) is 17.0 Å². The topological polar surface area (TPSA) is 94.2 Å². The van der Waals surface area contributed by atoms with Crippen molar-refractivity contribution in [2.75, 3.05) is 5.75 Å². The van der Waals surface area contributed by atoms with Crippen LogP contribution in [0.1, 0.15) is 83.1 Å². The van der Waals surface area contributed by atoms with E-state index in [9.17, 15) is 15.2 Å². The van der Waals surface area contributed by atoms with Gasteiger partial charge in [0.25, 0.3) is 0 Å². The highest BCUT2D eigenvalue weighted by atomic mass is 35.5. The zero-order valence-electron chi connectivity index (χ0n) is 27.9. The van der Waals surface area contributed by atoms with E-state index < -0.39 is 11.6 Å². The van der Waals surface area contributed by atoms with E-state index >= 15 is 0 Å². The summed E-state index contributed by atoms with van der Waals surface area (Å²) in [5.74, 6) is 0.123. The monoisotopic (exact) mass is 688 g/mol. The number of nitrogens with zero attached hydrogens (tertiary/aromatic N) is 2. The highest BCUT2D eigenvalue weighted by Gasteiger charge is 2.42. The van der Waals surface area contributed by atoms with Gasteiger partial charge in [-0.3, -0.25) is 0 Å². The summed E-state index contributed by atoms with van der Waals surface area (Å²) in [6, 6.07) is 37.5. The van der Waals surface area contributed by atoms with E-state index in [1.54, 1.807) is 30.3 Å². The van der Waals surface area contributed by atoms with Crippen molar-refractivity contribution < 1.29 is 15.0 Å². The zero-order chi connectivity index (χ0) is 34.9. The van der Waals surface area contributed by atoms with Gasteiger partial charge in [0.15, 0.2) is 0 Å². The van der Waals surface area contributed by atoms with E-state index in [0.29, 0.717) is 22.3 Å². The Kier molecular flexibility index (Phi) is 12.0. The third kappa shape index (κ3) is 10.3. The Morgan fingerprint density at radius 2 is 1.71 bits per heavy atom. The molecule has 6 rings (SSSR count). The van der Waals surface area contributed by atoms with E-state index in [-0.39, 0.29) is 5.41 Å². The Balaban J connectivity index is 0.000000452. The number of fused-ring (bicyclic) bond motifs is 1. The van der Waals surface area contributed by atoms with Gasteiger partial charge in [-0.05, 0) is 104 Å². The van der Waals surface area contributed by atoms with E-state index in [1.165, 1.54) is 11.1 Å². The van der Waals surface area contributed by atoms with Crippen molar-refractivity contribution in [3.05, 3.63) is 148 Å². The number of carboxylic acids is 1. The Bertz CT molecular complexity index is 1960. The van der Waals surface area contributed by atoms with Gasteiger partial charge < -0.3 is 10.2 Å². The van der Waals surface area contributed by atoms with Crippen LogP contribution in [0.25, 0.3) is 23.1 Å². The maximum atomic E-state index is 10.7. The van der Waals surface area contributed by atoms with Gasteiger partial charge in [-0.25, -0.2) is 9.78 Å². The first-order chi connectivity index (χ1) is 23.5. The minimum Gasteiger partial charge on any atom is -0.478 e. The number of thioether (sulfide) groups is 1. The second kappa shape index (κ2) is 16.3. The summed E-state index contributed by atoms with van der Waals surface area (Å²) in [5, 5.41) is 30.5. The van der Waals surface area contributed by atoms with Gasteiger partial charge in [0, 0.05) is 27.8 Å². The van der Waals surface area contributed by atoms with E-state index in [2.05, 4.69) is 54.6 Å². The number of aromatic carboxylic acids is 1. The highest BCUT2D eigenvalue weighted by molar-refractivity contribution is 7.99. The summed E-state index contributed by atoms with van der Waals surface area (Å²) in [5.41, 5.74) is 6.02. The van der Waals surface area contributed by atoms with Gasteiger partial charge in [-0.15, -0.1) is 0 Å². The lowest BCUT2D eigenvalue weighted by Crippen LogP contribution is -2.18. The van der Waals surface area contributed by atoms with Crippen LogP contribution in [0.2, 0.25) is 5.02 Å². The average molecular weight is 689 g/mol. The van der Waals surface area contributed by atoms with Gasteiger partial charge in [0.2, 0.25) is 0 Å². The fourth-order valence-corrected chi connectivity index (χ4v) is 7.52. The smallest absolute Gasteiger partial charge is 0.335 e. The number of carbonyl (C=O) groups is 1. The first-order valence-electron chi connectivity index (χ1n) is 16.5. The van der Waals surface area contributed by atoms with E-state index in [4.69, 9.17) is 21.7 Å². The lowest BCUT2D eigenvalue weighted by Gasteiger charge is -2.24. The number of hydrogen-bond donors (Lipinski definition) is 2. The minimum absolute atomic E-state index is 0.185. The normalized spacial score (nSPS) is 14.1. The molecule has 0 aliphatic heterocycles. The van der Waals surface area contributed by atoms with Crippen molar-refractivity contribution in [1.82, 2.24) is 4.98 Å². The number of pyridine rings is 1. The third-order valence-electron chi connectivity index (χ3n) is 8.78. The van der Waals surface area contributed by atoms with Crippen molar-refractivity contribution in [2.24, 2.45) is 5.41 Å². The molecule has 1 heterocycles. The second-order valence-corrected chi connectivity index (χ2v) is 14.8. The molecule has 7 heteroatoms. The third-order valence-corrected chi connectivity index (χ3v) is 10.7. The lowest BCUT2D eigenvalue weighted by molar-refractivity contribution is 0.0696. The number of aliphatic hydroxyl groups is 1. The van der Waals surface area contributed by atoms with E-state index in [0.717, 1.165) is 59.2 Å². The summed E-state index contributed by atoms with van der Waals surface area (Å²) in [6.07, 6.45) is 8.94. The molecule has 0 saturated heterocycles. The molecule has 0 radical (unpaired) electrons. The number of nitriles is 1. The highest BCUT2D eigenvalue weighted by Crippen LogP contribution is 2.53. The lowest BCUT2D eigenvalue weighted by atomic mass is 9.90. The Morgan fingerprint density at radius 1 is 0.980 bits per heavy atom. The average Bonchev–Trinajstić information content (AvgIpc) is 3.87. The van der Waals surface area contributed by atoms with Crippen LogP contribution in [-0.2, 0) is 12.0 Å². The van der Waals surface area contributed by atoms with Crippen molar-refractivity contribution in [3.63, 3.8) is 0 Å². The molecule has 1 saturated carbocycles. The summed E-state index contributed by atoms with van der Waals surface area (Å²) in [7, 11) is 0. The summed E-state index contributed by atoms with van der Waals surface area (Å²) >= 11 is 8.15. The van der Waals surface area contributed by atoms with Crippen molar-refractivity contribution in [1.29, 1.82) is 5.26 Å². The number of hydrogen-bond acceptors (Lipinski definition) is 5. The maximum absolute atomic E-state index is 10.7. The largest absolute Gasteiger partial charge is 0.478 e. The molecule has 49 heavy (non-hydrogen) atoms. The molecule has 0 amide bonds. The number of rotatable bonds is 12. The van der Waals surface area contributed by atoms with Crippen molar-refractivity contribution >= 4 is 52.4 Å². The molecule has 0 spiro atoms. The second-order valence-electron chi connectivity index (χ2n) is 13.1. The molecule has 1 atom stereocenters. The Morgan fingerprint density at radius 3 is 2.41 bits per heavy atom. The molecule has 250 valence electrons. The van der Waals surface area contributed by atoms with Crippen LogP contribution in [0.4, 0.5) is 0 Å². The number of benzene rings is 4. The standard InChI is InChI=1S/C35H35ClN2OS.C7H6O2/c1-34(2,39)31-9-4-3-7-26(31)13-17-33(40-24-35(18-19-35)20-21-37)28-8-5-6-25(22-28)10-15-30-16-12-27-11-14-29(36)23-32(27)38-30;8-7(9)6-4-2-1-3-5-6/h3-12,14-16,22-23,33,39H,13,17-20,24H2,1-2H3;1-5H,(H,8,9)/b15-10+;/t33-;/m1./s1. The van der Waals surface area contributed by atoms with Crippen LogP contribution >= 0.6 is 23.4 Å². The van der Waals surface area contributed by atoms with Crippen LogP contribution < -0.4 is 0 Å². The van der Waals surface area contributed by atoms with Crippen molar-refractivity contribution in [3.8, 4) is 6.07 Å². The fourth-order valence-electron chi connectivity index (χ4n) is 5.79. The minimum atomic E-state index is -0.879. The van der Waals surface area contributed by atoms with Gasteiger partial charge in [0.1, 0.15) is 0 Å².